The monoisotopic (exact) mass is 318 g/mol. The molecule has 1 heterocycles. The van der Waals surface area contributed by atoms with Gasteiger partial charge >= 0.3 is 0 Å². The second-order valence-electron chi connectivity index (χ2n) is 5.70. The zero-order chi connectivity index (χ0) is 16.9. The van der Waals surface area contributed by atoms with Crippen LogP contribution >= 0.6 is 0 Å². The molecule has 0 unspecified atom stereocenters. The van der Waals surface area contributed by atoms with Gasteiger partial charge in [-0.3, -0.25) is 4.79 Å². The van der Waals surface area contributed by atoms with Crippen LogP contribution < -0.4 is 10.0 Å². The van der Waals surface area contributed by atoms with Gasteiger partial charge in [0.2, 0.25) is 0 Å². The Kier molecular flexibility index (Phi) is 4.57. The van der Waals surface area contributed by atoms with Crippen molar-refractivity contribution in [2.24, 2.45) is 0 Å². The number of rotatable bonds is 4. The lowest BCUT2D eigenvalue weighted by molar-refractivity contribution is -0.605. The molecule has 0 aliphatic carbocycles. The predicted molar refractivity (Wildman–Crippen MR) is 93.2 cm³/mol. The third-order valence-corrected chi connectivity index (χ3v) is 3.82. The van der Waals surface area contributed by atoms with Gasteiger partial charge in [-0.15, -0.1) is 0 Å². The summed E-state index contributed by atoms with van der Waals surface area (Å²) >= 11 is 0. The summed E-state index contributed by atoms with van der Waals surface area (Å²) in [6, 6.07) is 19.5. The van der Waals surface area contributed by atoms with Gasteiger partial charge in [-0.05, 0) is 23.6 Å². The molecule has 4 heteroatoms. The first kappa shape index (κ1) is 15.7. The molecule has 1 aromatic heterocycles. The number of nitrogens with zero attached hydrogens (tertiary/aromatic N) is 1. The standard InChI is InChI=1S/C20H18N2O2/c1-15-3-2-4-19(13-15)17-7-5-16(6-8-17)14-21-20(23)18-9-11-22(24)12-10-18/h2-13H,14H2,1H3,(H,21,23). The summed E-state index contributed by atoms with van der Waals surface area (Å²) in [4.78, 5) is 12.0. The highest BCUT2D eigenvalue weighted by Gasteiger charge is 2.06. The van der Waals surface area contributed by atoms with E-state index < -0.39 is 0 Å². The molecule has 1 amide bonds. The number of benzene rings is 2. The van der Waals surface area contributed by atoms with Crippen LogP contribution in [0.4, 0.5) is 0 Å². The molecule has 24 heavy (non-hydrogen) atoms. The fourth-order valence-corrected chi connectivity index (χ4v) is 2.49. The Morgan fingerprint density at radius 1 is 1.00 bits per heavy atom. The van der Waals surface area contributed by atoms with E-state index in [-0.39, 0.29) is 5.91 Å². The Balaban J connectivity index is 1.64. The van der Waals surface area contributed by atoms with Crippen molar-refractivity contribution in [3.8, 4) is 11.1 Å². The Labute approximate surface area is 141 Å². The minimum Gasteiger partial charge on any atom is -0.619 e. The number of amides is 1. The van der Waals surface area contributed by atoms with Gasteiger partial charge in [0.05, 0.1) is 5.56 Å². The van der Waals surface area contributed by atoms with Crippen molar-refractivity contribution in [1.29, 1.82) is 0 Å². The fraction of sp³-hybridized carbons (Fsp3) is 0.100. The molecule has 0 bridgehead atoms. The Bertz CT molecular complexity index is 840. The van der Waals surface area contributed by atoms with E-state index in [4.69, 9.17) is 0 Å². The first-order valence-electron chi connectivity index (χ1n) is 7.75. The predicted octanol–water partition coefficient (Wildman–Crippen LogP) is 3.23. The number of pyridine rings is 1. The van der Waals surface area contributed by atoms with Gasteiger partial charge < -0.3 is 10.5 Å². The van der Waals surface area contributed by atoms with Crippen molar-refractivity contribution in [3.63, 3.8) is 0 Å². The summed E-state index contributed by atoms with van der Waals surface area (Å²) in [5.74, 6) is -0.196. The number of aryl methyl sites for hydroxylation is 1. The molecule has 0 radical (unpaired) electrons. The second-order valence-corrected chi connectivity index (χ2v) is 5.70. The van der Waals surface area contributed by atoms with Crippen LogP contribution in [0.1, 0.15) is 21.5 Å². The van der Waals surface area contributed by atoms with Crippen molar-refractivity contribution in [1.82, 2.24) is 5.32 Å². The molecule has 4 nitrogen and oxygen atoms in total. The first-order valence-corrected chi connectivity index (χ1v) is 7.75. The normalized spacial score (nSPS) is 10.4. The summed E-state index contributed by atoms with van der Waals surface area (Å²) < 4.78 is 0.654. The number of hydrogen-bond donors (Lipinski definition) is 1. The van der Waals surface area contributed by atoms with E-state index in [2.05, 4.69) is 42.6 Å². The average Bonchev–Trinajstić information content (AvgIpc) is 2.61. The maximum absolute atomic E-state index is 12.0. The molecule has 0 saturated carbocycles. The zero-order valence-corrected chi connectivity index (χ0v) is 13.4. The van der Waals surface area contributed by atoms with Gasteiger partial charge in [-0.2, -0.15) is 4.73 Å². The topological polar surface area (TPSA) is 56.0 Å². The molecular formula is C20H18N2O2. The molecule has 3 aromatic rings. The Hall–Kier alpha value is -3.14. The molecule has 0 spiro atoms. The molecule has 0 fully saturated rings. The van der Waals surface area contributed by atoms with Crippen LogP contribution in [0.2, 0.25) is 0 Å². The highest BCUT2D eigenvalue weighted by molar-refractivity contribution is 5.93. The summed E-state index contributed by atoms with van der Waals surface area (Å²) in [5, 5.41) is 13.8. The summed E-state index contributed by atoms with van der Waals surface area (Å²) in [6.45, 7) is 2.52. The van der Waals surface area contributed by atoms with Crippen LogP contribution in [-0.4, -0.2) is 5.91 Å². The van der Waals surface area contributed by atoms with Crippen molar-refractivity contribution in [2.45, 2.75) is 13.5 Å². The molecule has 0 atom stereocenters. The molecular weight excluding hydrogens is 300 g/mol. The zero-order valence-electron chi connectivity index (χ0n) is 13.4. The van der Waals surface area contributed by atoms with E-state index in [1.807, 2.05) is 18.2 Å². The smallest absolute Gasteiger partial charge is 0.252 e. The van der Waals surface area contributed by atoms with Crippen LogP contribution in [0.5, 0.6) is 0 Å². The van der Waals surface area contributed by atoms with Gasteiger partial charge in [0.25, 0.3) is 5.91 Å². The summed E-state index contributed by atoms with van der Waals surface area (Å²) in [7, 11) is 0. The largest absolute Gasteiger partial charge is 0.619 e. The van der Waals surface area contributed by atoms with E-state index in [1.54, 1.807) is 0 Å². The molecule has 3 rings (SSSR count). The number of carbonyl (C=O) groups excluding carboxylic acids is 1. The van der Waals surface area contributed by atoms with Crippen molar-refractivity contribution in [3.05, 3.63) is 95.0 Å². The Morgan fingerprint density at radius 3 is 2.38 bits per heavy atom. The van der Waals surface area contributed by atoms with E-state index in [0.29, 0.717) is 16.8 Å². The van der Waals surface area contributed by atoms with E-state index in [1.165, 1.54) is 35.7 Å². The number of hydrogen-bond acceptors (Lipinski definition) is 2. The molecule has 120 valence electrons. The van der Waals surface area contributed by atoms with Crippen LogP contribution in [0, 0.1) is 12.1 Å². The maximum atomic E-state index is 12.0. The van der Waals surface area contributed by atoms with E-state index in [9.17, 15) is 10.0 Å². The molecule has 2 aromatic carbocycles. The van der Waals surface area contributed by atoms with Gasteiger partial charge in [0.15, 0.2) is 12.4 Å². The third kappa shape index (κ3) is 3.79. The lowest BCUT2D eigenvalue weighted by Gasteiger charge is -2.07. The SMILES string of the molecule is Cc1cccc(-c2ccc(CNC(=O)c3cc[n+]([O-])cc3)cc2)c1. The maximum Gasteiger partial charge on any atom is 0.252 e. The number of nitrogens with one attached hydrogen (secondary N) is 1. The summed E-state index contributed by atoms with van der Waals surface area (Å²) in [5.41, 5.74) is 5.05. The van der Waals surface area contributed by atoms with Crippen LogP contribution in [0.3, 0.4) is 0 Å². The first-order chi connectivity index (χ1) is 11.6. The average molecular weight is 318 g/mol. The lowest BCUT2D eigenvalue weighted by atomic mass is 10.0. The van der Waals surface area contributed by atoms with Gasteiger partial charge in [-0.1, -0.05) is 54.1 Å². The minimum atomic E-state index is -0.196. The third-order valence-electron chi connectivity index (χ3n) is 3.82. The lowest BCUT2D eigenvalue weighted by Crippen LogP contribution is -2.27. The van der Waals surface area contributed by atoms with Gasteiger partial charge in [0, 0.05) is 18.7 Å². The highest BCUT2D eigenvalue weighted by Crippen LogP contribution is 2.20. The van der Waals surface area contributed by atoms with Crippen molar-refractivity contribution in [2.75, 3.05) is 0 Å². The summed E-state index contributed by atoms with van der Waals surface area (Å²) in [6.07, 6.45) is 2.62. The van der Waals surface area contributed by atoms with Gasteiger partial charge in [0.1, 0.15) is 0 Å². The van der Waals surface area contributed by atoms with Crippen LogP contribution in [-0.2, 0) is 6.54 Å². The van der Waals surface area contributed by atoms with E-state index in [0.717, 1.165) is 11.1 Å². The second kappa shape index (κ2) is 6.96. The van der Waals surface area contributed by atoms with Crippen LogP contribution in [0.15, 0.2) is 73.1 Å². The highest BCUT2D eigenvalue weighted by atomic mass is 16.5. The minimum absolute atomic E-state index is 0.196. The van der Waals surface area contributed by atoms with Crippen molar-refractivity contribution >= 4 is 5.91 Å². The number of aromatic nitrogens is 1. The fourth-order valence-electron chi connectivity index (χ4n) is 2.49. The van der Waals surface area contributed by atoms with Crippen LogP contribution in [0.25, 0.3) is 11.1 Å². The number of carbonyl (C=O) groups is 1. The Morgan fingerprint density at radius 2 is 1.71 bits per heavy atom. The molecule has 0 saturated heterocycles. The van der Waals surface area contributed by atoms with Gasteiger partial charge in [-0.25, -0.2) is 0 Å². The van der Waals surface area contributed by atoms with Crippen molar-refractivity contribution < 1.29 is 9.52 Å². The quantitative estimate of drug-likeness (QED) is 0.593. The molecule has 0 aliphatic rings. The van der Waals surface area contributed by atoms with E-state index >= 15 is 0 Å². The molecule has 0 aliphatic heterocycles. The molecule has 1 N–H and O–H groups in total.